The highest BCUT2D eigenvalue weighted by Crippen LogP contribution is 2.25. The molecular weight excluding hydrogens is 247 g/mol. The van der Waals surface area contributed by atoms with Crippen LogP contribution in [0.4, 0.5) is 0 Å². The van der Waals surface area contributed by atoms with E-state index in [-0.39, 0.29) is 21.5 Å². The zero-order valence-electron chi connectivity index (χ0n) is 8.87. The van der Waals surface area contributed by atoms with E-state index in [0.717, 1.165) is 0 Å². The monoisotopic (exact) mass is 256 g/mol. The number of benzene rings is 1. The molecule has 0 aliphatic heterocycles. The lowest BCUT2D eigenvalue weighted by Gasteiger charge is -2.20. The number of hydrogen-bond donors (Lipinski definition) is 0. The van der Waals surface area contributed by atoms with Crippen LogP contribution < -0.4 is 0 Å². The van der Waals surface area contributed by atoms with Gasteiger partial charge in [0.2, 0.25) is 0 Å². The molecule has 0 heterocycles. The first-order valence-corrected chi connectivity index (χ1v) is 5.35. The predicted octanol–water partition coefficient (Wildman–Crippen LogP) is 2.98. The highest BCUT2D eigenvalue weighted by Gasteiger charge is 2.21. The van der Waals surface area contributed by atoms with E-state index in [1.54, 1.807) is 25.1 Å². The van der Waals surface area contributed by atoms with Gasteiger partial charge < -0.3 is 4.90 Å². The lowest BCUT2D eigenvalue weighted by molar-refractivity contribution is 0.0773. The van der Waals surface area contributed by atoms with Gasteiger partial charge in [0.05, 0.1) is 21.7 Å². The Kier molecular flexibility index (Phi) is 4.17. The van der Waals surface area contributed by atoms with Gasteiger partial charge in [-0.05, 0) is 19.1 Å². The van der Waals surface area contributed by atoms with Crippen molar-refractivity contribution in [3.63, 3.8) is 0 Å². The second-order valence-corrected chi connectivity index (χ2v) is 4.13. The highest BCUT2D eigenvalue weighted by molar-refractivity contribution is 6.39. The topological polar surface area (TPSA) is 44.1 Å². The first kappa shape index (κ1) is 12.8. The van der Waals surface area contributed by atoms with Crippen LogP contribution in [-0.2, 0) is 0 Å². The first-order valence-electron chi connectivity index (χ1n) is 4.59. The Morgan fingerprint density at radius 2 is 1.94 bits per heavy atom. The molecule has 1 amide bonds. The molecule has 0 aliphatic rings. The molecule has 5 heteroatoms. The summed E-state index contributed by atoms with van der Waals surface area (Å²) in [5.74, 6) is -0.357. The van der Waals surface area contributed by atoms with Crippen LogP contribution in [0, 0.1) is 11.3 Å². The summed E-state index contributed by atoms with van der Waals surface area (Å²) in [6.45, 7) is 1.63. The van der Waals surface area contributed by atoms with Crippen LogP contribution in [-0.4, -0.2) is 23.9 Å². The molecule has 0 saturated carbocycles. The minimum atomic E-state index is -0.528. The molecule has 0 radical (unpaired) electrons. The molecule has 1 aromatic rings. The fourth-order valence-electron chi connectivity index (χ4n) is 1.14. The minimum Gasteiger partial charge on any atom is -0.326 e. The summed E-state index contributed by atoms with van der Waals surface area (Å²) in [6, 6.07) is 6.28. The van der Waals surface area contributed by atoms with Gasteiger partial charge in [-0.15, -0.1) is 0 Å². The molecule has 1 atom stereocenters. The Bertz CT molecular complexity index is 434. The summed E-state index contributed by atoms with van der Waals surface area (Å²) in [6.07, 6.45) is 0. The van der Waals surface area contributed by atoms with Gasteiger partial charge in [-0.1, -0.05) is 29.3 Å². The number of rotatable bonds is 2. The van der Waals surface area contributed by atoms with E-state index in [9.17, 15) is 4.79 Å². The van der Waals surface area contributed by atoms with Gasteiger partial charge in [0.1, 0.15) is 6.04 Å². The van der Waals surface area contributed by atoms with Crippen molar-refractivity contribution < 1.29 is 4.79 Å². The summed E-state index contributed by atoms with van der Waals surface area (Å²) >= 11 is 11.8. The average molecular weight is 257 g/mol. The molecule has 0 aromatic heterocycles. The van der Waals surface area contributed by atoms with Crippen LogP contribution in [0.2, 0.25) is 10.0 Å². The summed E-state index contributed by atoms with van der Waals surface area (Å²) in [4.78, 5) is 13.3. The number of carbonyl (C=O) groups is 1. The number of hydrogen-bond acceptors (Lipinski definition) is 2. The van der Waals surface area contributed by atoms with Gasteiger partial charge in [-0.3, -0.25) is 4.79 Å². The molecule has 0 bridgehead atoms. The Morgan fingerprint density at radius 3 is 2.38 bits per heavy atom. The van der Waals surface area contributed by atoms with Gasteiger partial charge >= 0.3 is 0 Å². The van der Waals surface area contributed by atoms with Crippen molar-refractivity contribution in [1.29, 1.82) is 5.26 Å². The molecule has 0 N–H and O–H groups in total. The van der Waals surface area contributed by atoms with Crippen LogP contribution in [0.3, 0.4) is 0 Å². The lowest BCUT2D eigenvalue weighted by Crippen LogP contribution is -2.34. The third kappa shape index (κ3) is 2.46. The van der Waals surface area contributed by atoms with Gasteiger partial charge in [-0.2, -0.15) is 5.26 Å². The maximum absolute atomic E-state index is 12.0. The van der Waals surface area contributed by atoms with Gasteiger partial charge in [0.15, 0.2) is 0 Å². The van der Waals surface area contributed by atoms with Gasteiger partial charge in [0, 0.05) is 7.05 Å². The summed E-state index contributed by atoms with van der Waals surface area (Å²) in [5, 5.41) is 9.30. The third-order valence-electron chi connectivity index (χ3n) is 2.26. The van der Waals surface area contributed by atoms with Gasteiger partial charge in [0.25, 0.3) is 5.91 Å². The van der Waals surface area contributed by atoms with Crippen LogP contribution in [0.5, 0.6) is 0 Å². The maximum Gasteiger partial charge on any atom is 0.257 e. The fourth-order valence-corrected chi connectivity index (χ4v) is 1.70. The van der Waals surface area contributed by atoms with Gasteiger partial charge in [-0.25, -0.2) is 0 Å². The predicted molar refractivity (Wildman–Crippen MR) is 63.6 cm³/mol. The normalized spacial score (nSPS) is 11.7. The van der Waals surface area contributed by atoms with Crippen molar-refractivity contribution in [3.8, 4) is 6.07 Å². The third-order valence-corrected chi connectivity index (χ3v) is 2.89. The standard InChI is InChI=1S/C11H10Cl2N2O/c1-7(6-14)15(2)11(16)10-8(12)4-3-5-9(10)13/h3-5,7H,1-2H3. The highest BCUT2D eigenvalue weighted by atomic mass is 35.5. The molecule has 0 spiro atoms. The molecule has 1 aromatic carbocycles. The van der Waals surface area contributed by atoms with E-state index in [1.165, 1.54) is 11.9 Å². The Balaban J connectivity index is 3.11. The van der Waals surface area contributed by atoms with E-state index in [0.29, 0.717) is 0 Å². The van der Waals surface area contributed by atoms with E-state index in [4.69, 9.17) is 28.5 Å². The van der Waals surface area contributed by atoms with Crippen molar-refractivity contribution in [3.05, 3.63) is 33.8 Å². The smallest absolute Gasteiger partial charge is 0.257 e. The van der Waals surface area contributed by atoms with Crippen molar-refractivity contribution in [2.24, 2.45) is 0 Å². The number of nitrogens with zero attached hydrogens (tertiary/aromatic N) is 2. The van der Waals surface area contributed by atoms with E-state index < -0.39 is 6.04 Å². The van der Waals surface area contributed by atoms with Crippen LogP contribution >= 0.6 is 23.2 Å². The second-order valence-electron chi connectivity index (χ2n) is 3.32. The summed E-state index contributed by atoms with van der Waals surface area (Å²) in [5.41, 5.74) is 0.232. The molecule has 84 valence electrons. The summed E-state index contributed by atoms with van der Waals surface area (Å²) in [7, 11) is 1.54. The van der Waals surface area contributed by atoms with Crippen LogP contribution in [0.1, 0.15) is 17.3 Å². The number of carbonyl (C=O) groups excluding carboxylic acids is 1. The Morgan fingerprint density at radius 1 is 1.44 bits per heavy atom. The molecule has 0 saturated heterocycles. The van der Waals surface area contributed by atoms with E-state index in [1.807, 2.05) is 6.07 Å². The maximum atomic E-state index is 12.0. The summed E-state index contributed by atoms with van der Waals surface area (Å²) < 4.78 is 0. The Hall–Kier alpha value is -1.24. The van der Waals surface area contributed by atoms with Crippen molar-refractivity contribution in [2.45, 2.75) is 13.0 Å². The largest absolute Gasteiger partial charge is 0.326 e. The van der Waals surface area contributed by atoms with Crippen LogP contribution in [0.25, 0.3) is 0 Å². The number of halogens is 2. The molecular formula is C11H10Cl2N2O. The quantitative estimate of drug-likeness (QED) is 0.817. The molecule has 1 rings (SSSR count). The molecule has 0 aliphatic carbocycles. The number of nitriles is 1. The fraction of sp³-hybridized carbons (Fsp3) is 0.273. The molecule has 3 nitrogen and oxygen atoms in total. The van der Waals surface area contributed by atoms with Crippen molar-refractivity contribution in [2.75, 3.05) is 7.05 Å². The minimum absolute atomic E-state index is 0.232. The van der Waals surface area contributed by atoms with E-state index >= 15 is 0 Å². The zero-order chi connectivity index (χ0) is 12.3. The van der Waals surface area contributed by atoms with Crippen molar-refractivity contribution in [1.82, 2.24) is 4.90 Å². The lowest BCUT2D eigenvalue weighted by atomic mass is 10.2. The SMILES string of the molecule is CC(C#N)N(C)C(=O)c1c(Cl)cccc1Cl. The molecule has 16 heavy (non-hydrogen) atoms. The Labute approximate surface area is 104 Å². The first-order chi connectivity index (χ1) is 7.49. The zero-order valence-corrected chi connectivity index (χ0v) is 10.4. The second kappa shape index (κ2) is 5.20. The average Bonchev–Trinajstić information content (AvgIpc) is 2.26. The van der Waals surface area contributed by atoms with E-state index in [2.05, 4.69) is 0 Å². The molecule has 0 fully saturated rings. The number of amides is 1. The van der Waals surface area contributed by atoms with Crippen molar-refractivity contribution >= 4 is 29.1 Å². The molecule has 1 unspecified atom stereocenters. The van der Waals surface area contributed by atoms with Crippen LogP contribution in [0.15, 0.2) is 18.2 Å².